The fourth-order valence-corrected chi connectivity index (χ4v) is 1.96. The molecule has 0 aromatic rings. The fourth-order valence-electron chi connectivity index (χ4n) is 1.96. The molecule has 0 aromatic heterocycles. The van der Waals surface area contributed by atoms with Crippen molar-refractivity contribution in [1.29, 1.82) is 0 Å². The molecule has 1 aliphatic rings. The maximum atomic E-state index is 10.2. The molecular weight excluding hydrogens is 208 g/mol. The summed E-state index contributed by atoms with van der Waals surface area (Å²) >= 11 is 0. The van der Waals surface area contributed by atoms with E-state index in [-0.39, 0.29) is 11.8 Å². The molecule has 4 nitrogen and oxygen atoms in total. The van der Waals surface area contributed by atoms with Gasteiger partial charge in [0.2, 0.25) is 0 Å². The van der Waals surface area contributed by atoms with Crippen LogP contribution in [0.3, 0.4) is 0 Å². The average Bonchev–Trinajstić information content (AvgIpc) is 2.25. The predicted molar refractivity (Wildman–Crippen MR) is 53.7 cm³/mol. The van der Waals surface area contributed by atoms with E-state index < -0.39 is 11.9 Å². The molecule has 0 aromatic carbocycles. The van der Waals surface area contributed by atoms with Crippen molar-refractivity contribution in [2.75, 3.05) is 0 Å². The highest BCUT2D eigenvalue weighted by atomic mass is 16.4. The Labute approximate surface area is 94.3 Å². The third-order valence-corrected chi connectivity index (χ3v) is 2.83. The molecule has 0 bridgehead atoms. The number of allylic oxidation sites excluding steroid dienone is 2. The van der Waals surface area contributed by atoms with Gasteiger partial charge in [0, 0.05) is 0 Å². The number of hydrogen-bond acceptors (Lipinski definition) is 4. The highest BCUT2D eigenvalue weighted by Crippen LogP contribution is 2.30. The van der Waals surface area contributed by atoms with Crippen LogP contribution in [0.15, 0.2) is 24.3 Å². The van der Waals surface area contributed by atoms with E-state index in [1.54, 1.807) is 12.2 Å². The minimum absolute atomic E-state index is 0.269. The van der Waals surface area contributed by atoms with E-state index in [9.17, 15) is 19.8 Å². The molecule has 0 aliphatic heterocycles. The molecule has 0 heterocycles. The van der Waals surface area contributed by atoms with Crippen molar-refractivity contribution >= 4 is 11.9 Å². The Bertz CT molecular complexity index is 277. The first-order valence-electron chi connectivity index (χ1n) is 5.36. The van der Waals surface area contributed by atoms with Crippen molar-refractivity contribution < 1.29 is 19.8 Å². The average molecular weight is 222 g/mol. The Morgan fingerprint density at radius 3 is 1.38 bits per heavy atom. The molecule has 16 heavy (non-hydrogen) atoms. The van der Waals surface area contributed by atoms with Gasteiger partial charge in [-0.3, -0.25) is 0 Å². The quantitative estimate of drug-likeness (QED) is 0.595. The van der Waals surface area contributed by atoms with Gasteiger partial charge in [-0.05, 0) is 49.7 Å². The lowest BCUT2D eigenvalue weighted by molar-refractivity contribution is -0.298. The summed E-state index contributed by atoms with van der Waals surface area (Å²) < 4.78 is 0. The molecule has 0 N–H and O–H groups in total. The van der Waals surface area contributed by atoms with Gasteiger partial charge in [-0.1, -0.05) is 12.2 Å². The molecule has 1 rings (SSSR count). The Hall–Kier alpha value is -1.58. The molecule has 0 amide bonds. The van der Waals surface area contributed by atoms with E-state index in [2.05, 4.69) is 0 Å². The number of carboxylic acids is 2. The molecule has 88 valence electrons. The largest absolute Gasteiger partial charge is 0.545 e. The first kappa shape index (κ1) is 12.5. The Kier molecular flexibility index (Phi) is 4.76. The van der Waals surface area contributed by atoms with Gasteiger partial charge in [-0.15, -0.1) is 0 Å². The summed E-state index contributed by atoms with van der Waals surface area (Å²) in [5.41, 5.74) is 0. The standard InChI is InChI=1S/C12H16O4/c13-11(14)7-5-9-1-2-10(4-3-9)6-8-12(15)16/h5-10H,1-4H2,(H,13,14)(H,15,16)/p-2/b7-5+,8-6+. The normalized spacial score (nSPS) is 26.2. The van der Waals surface area contributed by atoms with Crippen LogP contribution >= 0.6 is 0 Å². The van der Waals surface area contributed by atoms with E-state index in [0.29, 0.717) is 0 Å². The second kappa shape index (κ2) is 6.10. The van der Waals surface area contributed by atoms with E-state index >= 15 is 0 Å². The second-order valence-electron chi connectivity index (χ2n) is 4.03. The molecular formula is C12H14O4-2. The summed E-state index contributed by atoms with van der Waals surface area (Å²) in [4.78, 5) is 20.4. The molecule has 0 unspecified atom stereocenters. The smallest absolute Gasteiger partial charge is 0.0639 e. The van der Waals surface area contributed by atoms with E-state index in [1.165, 1.54) is 0 Å². The minimum atomic E-state index is -1.17. The fraction of sp³-hybridized carbons (Fsp3) is 0.500. The SMILES string of the molecule is O=C([O-])/C=C/C1CCC(/C=C/C(=O)[O-])CC1. The summed E-state index contributed by atoms with van der Waals surface area (Å²) in [5.74, 6) is -1.80. The van der Waals surface area contributed by atoms with Crippen molar-refractivity contribution in [2.24, 2.45) is 11.8 Å². The predicted octanol–water partition coefficient (Wildman–Crippen LogP) is -0.595. The van der Waals surface area contributed by atoms with Crippen LogP contribution in [0.25, 0.3) is 0 Å². The van der Waals surface area contributed by atoms with Crippen LogP contribution in [0.1, 0.15) is 25.7 Å². The zero-order valence-corrected chi connectivity index (χ0v) is 8.93. The van der Waals surface area contributed by atoms with E-state index in [0.717, 1.165) is 37.8 Å². The first-order chi connectivity index (χ1) is 7.58. The summed E-state index contributed by atoms with van der Waals surface area (Å²) in [6.07, 6.45) is 8.99. The summed E-state index contributed by atoms with van der Waals surface area (Å²) in [5, 5.41) is 20.4. The van der Waals surface area contributed by atoms with Gasteiger partial charge < -0.3 is 19.8 Å². The second-order valence-corrected chi connectivity index (χ2v) is 4.03. The third-order valence-electron chi connectivity index (χ3n) is 2.83. The lowest BCUT2D eigenvalue weighted by Crippen LogP contribution is -2.20. The van der Waals surface area contributed by atoms with Crippen molar-refractivity contribution in [3.05, 3.63) is 24.3 Å². The zero-order chi connectivity index (χ0) is 12.0. The number of carbonyl (C=O) groups excluding carboxylic acids is 2. The van der Waals surface area contributed by atoms with Crippen LogP contribution in [0, 0.1) is 11.8 Å². The van der Waals surface area contributed by atoms with E-state index in [1.807, 2.05) is 0 Å². The first-order valence-corrected chi connectivity index (χ1v) is 5.36. The van der Waals surface area contributed by atoms with Gasteiger partial charge in [0.15, 0.2) is 0 Å². The molecule has 4 heteroatoms. The highest BCUT2D eigenvalue weighted by molar-refractivity contribution is 5.77. The van der Waals surface area contributed by atoms with Crippen LogP contribution in [0.2, 0.25) is 0 Å². The van der Waals surface area contributed by atoms with Crippen molar-refractivity contribution in [1.82, 2.24) is 0 Å². The molecule has 1 aliphatic carbocycles. The Morgan fingerprint density at radius 2 is 1.12 bits per heavy atom. The summed E-state index contributed by atoms with van der Waals surface area (Å²) in [6.45, 7) is 0. The lowest BCUT2D eigenvalue weighted by atomic mass is 9.82. The molecule has 0 saturated heterocycles. The minimum Gasteiger partial charge on any atom is -0.545 e. The van der Waals surface area contributed by atoms with E-state index in [4.69, 9.17) is 0 Å². The van der Waals surface area contributed by atoms with Gasteiger partial charge in [0.05, 0.1) is 11.9 Å². The van der Waals surface area contributed by atoms with Crippen LogP contribution in [-0.2, 0) is 9.59 Å². The lowest BCUT2D eigenvalue weighted by Gasteiger charge is -2.24. The molecule has 0 atom stereocenters. The molecule has 0 spiro atoms. The highest BCUT2D eigenvalue weighted by Gasteiger charge is 2.17. The number of carbonyl (C=O) groups is 2. The number of rotatable bonds is 4. The summed E-state index contributed by atoms with van der Waals surface area (Å²) in [7, 11) is 0. The third kappa shape index (κ3) is 4.77. The molecule has 1 fully saturated rings. The van der Waals surface area contributed by atoms with Gasteiger partial charge in [-0.2, -0.15) is 0 Å². The Morgan fingerprint density at radius 1 is 0.812 bits per heavy atom. The van der Waals surface area contributed by atoms with Gasteiger partial charge in [0.25, 0.3) is 0 Å². The number of aliphatic carboxylic acids is 2. The Balaban J connectivity index is 2.34. The van der Waals surface area contributed by atoms with Crippen molar-refractivity contribution in [3.63, 3.8) is 0 Å². The van der Waals surface area contributed by atoms with Gasteiger partial charge in [0.1, 0.15) is 0 Å². The van der Waals surface area contributed by atoms with Crippen LogP contribution in [-0.4, -0.2) is 11.9 Å². The topological polar surface area (TPSA) is 80.3 Å². The van der Waals surface area contributed by atoms with Crippen LogP contribution in [0.5, 0.6) is 0 Å². The van der Waals surface area contributed by atoms with Crippen LogP contribution < -0.4 is 10.2 Å². The molecule has 1 saturated carbocycles. The number of hydrogen-bond donors (Lipinski definition) is 0. The van der Waals surface area contributed by atoms with Gasteiger partial charge in [-0.25, -0.2) is 0 Å². The maximum absolute atomic E-state index is 10.2. The molecule has 0 radical (unpaired) electrons. The zero-order valence-electron chi connectivity index (χ0n) is 8.93. The van der Waals surface area contributed by atoms with Crippen molar-refractivity contribution in [2.45, 2.75) is 25.7 Å². The maximum Gasteiger partial charge on any atom is 0.0639 e. The van der Waals surface area contributed by atoms with Gasteiger partial charge >= 0.3 is 0 Å². The number of carboxylic acid groups (broad SMARTS) is 2. The van der Waals surface area contributed by atoms with Crippen molar-refractivity contribution in [3.8, 4) is 0 Å². The summed E-state index contributed by atoms with van der Waals surface area (Å²) in [6, 6.07) is 0. The van der Waals surface area contributed by atoms with Crippen LogP contribution in [0.4, 0.5) is 0 Å². The monoisotopic (exact) mass is 222 g/mol.